The third kappa shape index (κ3) is 8.51. The predicted octanol–water partition coefficient (Wildman–Crippen LogP) is 2.81. The minimum atomic E-state index is -4.13. The van der Waals surface area contributed by atoms with Crippen molar-refractivity contribution in [3.63, 3.8) is 0 Å². The topological polar surface area (TPSA) is 48.9 Å². The Hall–Kier alpha value is -1.96. The van der Waals surface area contributed by atoms with E-state index in [1.165, 1.54) is 10.5 Å². The first-order chi connectivity index (χ1) is 12.9. The molecule has 1 aliphatic rings. The fourth-order valence-electron chi connectivity index (χ4n) is 2.99. The molecule has 27 heavy (non-hydrogen) atoms. The molecule has 1 atom stereocenters. The predicted molar refractivity (Wildman–Crippen MR) is 101 cm³/mol. The van der Waals surface area contributed by atoms with Gasteiger partial charge < -0.3 is 15.4 Å². The van der Waals surface area contributed by atoms with E-state index in [4.69, 9.17) is 4.74 Å². The van der Waals surface area contributed by atoms with Crippen LogP contribution in [0.15, 0.2) is 29.3 Å². The molecule has 152 valence electrons. The van der Waals surface area contributed by atoms with Gasteiger partial charge in [0.15, 0.2) is 5.96 Å². The first-order valence-corrected chi connectivity index (χ1v) is 9.36. The van der Waals surface area contributed by atoms with Crippen LogP contribution in [0, 0.1) is 12.8 Å². The van der Waals surface area contributed by atoms with Crippen LogP contribution in [0.2, 0.25) is 0 Å². The summed E-state index contributed by atoms with van der Waals surface area (Å²) in [4.78, 5) is 5.97. The molecule has 0 bridgehead atoms. The lowest BCUT2D eigenvalue weighted by atomic mass is 10.1. The maximum Gasteiger partial charge on any atom is 0.401 e. The summed E-state index contributed by atoms with van der Waals surface area (Å²) < 4.78 is 43.1. The van der Waals surface area contributed by atoms with Crippen molar-refractivity contribution in [3.8, 4) is 5.75 Å². The van der Waals surface area contributed by atoms with Gasteiger partial charge in [-0.2, -0.15) is 13.2 Å². The number of alkyl halides is 3. The second-order valence-corrected chi connectivity index (χ2v) is 6.81. The molecular formula is C19H29F3N4O. The number of hydrogen-bond donors (Lipinski definition) is 2. The first kappa shape index (κ1) is 21.3. The Morgan fingerprint density at radius 2 is 2.00 bits per heavy atom. The Kier molecular flexibility index (Phi) is 8.22. The van der Waals surface area contributed by atoms with E-state index in [9.17, 15) is 13.2 Å². The van der Waals surface area contributed by atoms with Gasteiger partial charge in [-0.15, -0.1) is 0 Å². The number of nitrogens with zero attached hydrogens (tertiary/aromatic N) is 2. The molecule has 2 rings (SSSR count). The van der Waals surface area contributed by atoms with Crippen molar-refractivity contribution in [1.29, 1.82) is 0 Å². The van der Waals surface area contributed by atoms with E-state index >= 15 is 0 Å². The number of ether oxygens (including phenoxy) is 1. The number of hydrogen-bond acceptors (Lipinski definition) is 3. The Morgan fingerprint density at radius 1 is 1.26 bits per heavy atom. The number of aliphatic imine (C=N–C) groups is 1. The van der Waals surface area contributed by atoms with Crippen LogP contribution in [0.5, 0.6) is 5.75 Å². The van der Waals surface area contributed by atoms with Gasteiger partial charge in [0.2, 0.25) is 0 Å². The fourth-order valence-corrected chi connectivity index (χ4v) is 2.99. The summed E-state index contributed by atoms with van der Waals surface area (Å²) >= 11 is 0. The standard InChI is InChI=1S/C19H29F3N4O/c1-3-23-18(24-9-11-27-17-6-4-15(2)5-7-17)25-12-16-8-10-26(13-16)14-19(20,21)22/h4-7,16H,3,8-14H2,1-2H3,(H2,23,24,25). The van der Waals surface area contributed by atoms with Crippen molar-refractivity contribution >= 4 is 5.96 Å². The summed E-state index contributed by atoms with van der Waals surface area (Å²) in [5.74, 6) is 1.64. The number of benzene rings is 1. The third-order valence-corrected chi connectivity index (χ3v) is 4.31. The molecular weight excluding hydrogens is 357 g/mol. The van der Waals surface area contributed by atoms with Crippen LogP contribution in [-0.2, 0) is 0 Å². The van der Waals surface area contributed by atoms with E-state index < -0.39 is 12.7 Å². The molecule has 0 spiro atoms. The largest absolute Gasteiger partial charge is 0.492 e. The van der Waals surface area contributed by atoms with Crippen molar-refractivity contribution in [3.05, 3.63) is 29.8 Å². The van der Waals surface area contributed by atoms with Gasteiger partial charge in [-0.3, -0.25) is 9.89 Å². The van der Waals surface area contributed by atoms with Crippen LogP contribution in [0.25, 0.3) is 0 Å². The molecule has 0 saturated carbocycles. The lowest BCUT2D eigenvalue weighted by Gasteiger charge is -2.17. The maximum atomic E-state index is 12.5. The van der Waals surface area contributed by atoms with E-state index in [1.807, 2.05) is 38.1 Å². The number of guanidine groups is 1. The average molecular weight is 386 g/mol. The molecule has 1 aromatic rings. The van der Waals surface area contributed by atoms with E-state index in [1.54, 1.807) is 0 Å². The summed E-state index contributed by atoms with van der Waals surface area (Å²) in [6.45, 7) is 6.41. The van der Waals surface area contributed by atoms with Crippen LogP contribution in [-0.4, -0.2) is 62.9 Å². The second-order valence-electron chi connectivity index (χ2n) is 6.81. The molecule has 0 radical (unpaired) electrons. The molecule has 1 aromatic carbocycles. The van der Waals surface area contributed by atoms with Gasteiger partial charge >= 0.3 is 6.18 Å². The molecule has 8 heteroatoms. The van der Waals surface area contributed by atoms with Gasteiger partial charge in [0.1, 0.15) is 12.4 Å². The third-order valence-electron chi connectivity index (χ3n) is 4.31. The van der Waals surface area contributed by atoms with Crippen LogP contribution in [0.1, 0.15) is 18.9 Å². The lowest BCUT2D eigenvalue weighted by molar-refractivity contribution is -0.143. The van der Waals surface area contributed by atoms with Crippen molar-refractivity contribution < 1.29 is 17.9 Å². The Bertz CT molecular complexity index is 590. The molecule has 0 aliphatic carbocycles. The minimum Gasteiger partial charge on any atom is -0.492 e. The molecule has 1 unspecified atom stereocenters. The van der Waals surface area contributed by atoms with E-state index in [-0.39, 0.29) is 5.92 Å². The fraction of sp³-hybridized carbons (Fsp3) is 0.632. The first-order valence-electron chi connectivity index (χ1n) is 9.36. The molecule has 2 N–H and O–H groups in total. The number of rotatable bonds is 8. The van der Waals surface area contributed by atoms with E-state index in [2.05, 4.69) is 15.6 Å². The van der Waals surface area contributed by atoms with Gasteiger partial charge in [0.05, 0.1) is 13.1 Å². The summed E-state index contributed by atoms with van der Waals surface area (Å²) in [6.07, 6.45) is -3.39. The molecule has 5 nitrogen and oxygen atoms in total. The van der Waals surface area contributed by atoms with Gasteiger partial charge in [-0.25, -0.2) is 0 Å². The molecule has 0 amide bonds. The van der Waals surface area contributed by atoms with Crippen molar-refractivity contribution in [1.82, 2.24) is 15.5 Å². The zero-order valence-corrected chi connectivity index (χ0v) is 16.0. The quantitative estimate of drug-likeness (QED) is 0.410. The molecule has 1 saturated heterocycles. The molecule has 1 aliphatic heterocycles. The Balaban J connectivity index is 1.71. The van der Waals surface area contributed by atoms with Gasteiger partial charge in [-0.1, -0.05) is 17.7 Å². The molecule has 1 fully saturated rings. The van der Waals surface area contributed by atoms with E-state index in [0.29, 0.717) is 38.7 Å². The zero-order chi connectivity index (χ0) is 19.7. The van der Waals surface area contributed by atoms with Crippen molar-refractivity contribution in [2.45, 2.75) is 26.4 Å². The second kappa shape index (κ2) is 10.4. The van der Waals surface area contributed by atoms with Crippen LogP contribution >= 0.6 is 0 Å². The maximum absolute atomic E-state index is 12.5. The van der Waals surface area contributed by atoms with Gasteiger partial charge in [0, 0.05) is 19.6 Å². The number of halogens is 3. The van der Waals surface area contributed by atoms with Crippen molar-refractivity contribution in [2.75, 3.05) is 45.9 Å². The average Bonchev–Trinajstić information content (AvgIpc) is 3.03. The SMILES string of the molecule is CCNC(=NCC1CCN(CC(F)(F)F)C1)NCCOc1ccc(C)cc1. The van der Waals surface area contributed by atoms with Crippen molar-refractivity contribution in [2.24, 2.45) is 10.9 Å². The Morgan fingerprint density at radius 3 is 2.67 bits per heavy atom. The number of nitrogens with one attached hydrogen (secondary N) is 2. The highest BCUT2D eigenvalue weighted by Gasteiger charge is 2.34. The summed E-state index contributed by atoms with van der Waals surface area (Å²) in [7, 11) is 0. The molecule has 0 aromatic heterocycles. The zero-order valence-electron chi connectivity index (χ0n) is 16.0. The van der Waals surface area contributed by atoms with Crippen LogP contribution < -0.4 is 15.4 Å². The van der Waals surface area contributed by atoms with Crippen LogP contribution in [0.3, 0.4) is 0 Å². The van der Waals surface area contributed by atoms with E-state index in [0.717, 1.165) is 18.7 Å². The molecule has 1 heterocycles. The van der Waals surface area contributed by atoms with Crippen LogP contribution in [0.4, 0.5) is 13.2 Å². The number of likely N-dealkylation sites (tertiary alicyclic amines) is 1. The number of aryl methyl sites for hydroxylation is 1. The Labute approximate surface area is 159 Å². The summed E-state index contributed by atoms with van der Waals surface area (Å²) in [6, 6.07) is 7.86. The highest BCUT2D eigenvalue weighted by molar-refractivity contribution is 5.79. The highest BCUT2D eigenvalue weighted by Crippen LogP contribution is 2.22. The lowest BCUT2D eigenvalue weighted by Crippen LogP contribution is -2.39. The summed E-state index contributed by atoms with van der Waals surface area (Å²) in [5, 5.41) is 6.35. The van der Waals surface area contributed by atoms with Gasteiger partial charge in [0.25, 0.3) is 0 Å². The highest BCUT2D eigenvalue weighted by atomic mass is 19.4. The summed E-state index contributed by atoms with van der Waals surface area (Å²) in [5.41, 5.74) is 1.18. The monoisotopic (exact) mass is 386 g/mol. The normalized spacial score (nSPS) is 18.6. The smallest absolute Gasteiger partial charge is 0.401 e. The van der Waals surface area contributed by atoms with Gasteiger partial charge in [-0.05, 0) is 44.9 Å². The minimum absolute atomic E-state index is 0.159.